The molecule has 0 aliphatic heterocycles. The van der Waals surface area contributed by atoms with Gasteiger partial charge in [0, 0.05) is 6.42 Å². The van der Waals surface area contributed by atoms with Crippen LogP contribution >= 0.6 is 0 Å². The Morgan fingerprint density at radius 3 is 2.50 bits per heavy atom. The molecule has 0 spiro atoms. The average Bonchev–Trinajstić information content (AvgIpc) is 2.14. The lowest BCUT2D eigenvalue weighted by molar-refractivity contribution is -0.115. The molecule has 1 amide bonds. The molecule has 3 heteroatoms. The maximum atomic E-state index is 11.2. The molecule has 0 atom stereocenters. The molecule has 0 saturated carbocycles. The lowest BCUT2D eigenvalue weighted by Crippen LogP contribution is -2.11. The second kappa shape index (κ2) is 4.13. The summed E-state index contributed by atoms with van der Waals surface area (Å²) in [6.45, 7) is 5.81. The Labute approximate surface area is 84.3 Å². The predicted molar refractivity (Wildman–Crippen MR) is 59.2 cm³/mol. The first-order chi connectivity index (χ1) is 6.54. The number of hydrogen-bond donors (Lipinski definition) is 2. The van der Waals surface area contributed by atoms with Crippen LogP contribution in [0.1, 0.15) is 24.5 Å². The van der Waals surface area contributed by atoms with E-state index in [4.69, 9.17) is 5.73 Å². The molecule has 0 saturated heterocycles. The van der Waals surface area contributed by atoms with E-state index in [2.05, 4.69) is 5.32 Å². The molecular formula is C11H16N2O. The topological polar surface area (TPSA) is 55.1 Å². The molecule has 1 aromatic carbocycles. The Hall–Kier alpha value is -1.51. The van der Waals surface area contributed by atoms with Crippen molar-refractivity contribution in [3.63, 3.8) is 0 Å². The van der Waals surface area contributed by atoms with Gasteiger partial charge in [0.05, 0.1) is 11.4 Å². The van der Waals surface area contributed by atoms with Crippen LogP contribution in [0, 0.1) is 13.8 Å². The van der Waals surface area contributed by atoms with Crippen LogP contribution in [0.4, 0.5) is 11.4 Å². The minimum absolute atomic E-state index is 0.0139. The van der Waals surface area contributed by atoms with Crippen LogP contribution in [0.3, 0.4) is 0 Å². The number of carbonyl (C=O) groups is 1. The average molecular weight is 192 g/mol. The first-order valence-corrected chi connectivity index (χ1v) is 4.71. The highest BCUT2D eigenvalue weighted by molar-refractivity contribution is 5.93. The fraction of sp³-hybridized carbons (Fsp3) is 0.364. The number of rotatable bonds is 2. The van der Waals surface area contributed by atoms with E-state index in [9.17, 15) is 4.79 Å². The highest BCUT2D eigenvalue weighted by Crippen LogP contribution is 2.22. The Bertz CT molecular complexity index is 359. The molecule has 3 N–H and O–H groups in total. The summed E-state index contributed by atoms with van der Waals surface area (Å²) in [5.41, 5.74) is 9.37. The van der Waals surface area contributed by atoms with Gasteiger partial charge >= 0.3 is 0 Å². The van der Waals surface area contributed by atoms with Crippen LogP contribution in [0.2, 0.25) is 0 Å². The first-order valence-electron chi connectivity index (χ1n) is 4.71. The maximum absolute atomic E-state index is 11.2. The summed E-state index contributed by atoms with van der Waals surface area (Å²) in [6.07, 6.45) is 0.465. The third-order valence-electron chi connectivity index (χ3n) is 2.26. The number of amides is 1. The number of anilines is 2. The van der Waals surface area contributed by atoms with Gasteiger partial charge in [0.2, 0.25) is 5.91 Å². The van der Waals surface area contributed by atoms with E-state index >= 15 is 0 Å². The lowest BCUT2D eigenvalue weighted by Gasteiger charge is -2.10. The van der Waals surface area contributed by atoms with E-state index < -0.39 is 0 Å². The second-order valence-electron chi connectivity index (χ2n) is 3.43. The van der Waals surface area contributed by atoms with Crippen LogP contribution in [-0.2, 0) is 4.79 Å². The zero-order valence-electron chi connectivity index (χ0n) is 8.85. The summed E-state index contributed by atoms with van der Waals surface area (Å²) >= 11 is 0. The molecule has 0 unspecified atom stereocenters. The van der Waals surface area contributed by atoms with Crippen LogP contribution in [0.15, 0.2) is 12.1 Å². The highest BCUT2D eigenvalue weighted by atomic mass is 16.1. The summed E-state index contributed by atoms with van der Waals surface area (Å²) in [6, 6.07) is 3.78. The van der Waals surface area contributed by atoms with Crippen LogP contribution < -0.4 is 11.1 Å². The van der Waals surface area contributed by atoms with Crippen molar-refractivity contribution in [3.8, 4) is 0 Å². The standard InChI is InChI=1S/C11H16N2O/c1-4-11(14)13-10-6-8(3)7(2)5-9(10)12/h5-6H,4,12H2,1-3H3,(H,13,14). The van der Waals surface area contributed by atoms with Crippen molar-refractivity contribution in [3.05, 3.63) is 23.3 Å². The Morgan fingerprint density at radius 2 is 1.93 bits per heavy atom. The highest BCUT2D eigenvalue weighted by Gasteiger charge is 2.04. The molecule has 0 aromatic heterocycles. The summed E-state index contributed by atoms with van der Waals surface area (Å²) < 4.78 is 0. The SMILES string of the molecule is CCC(=O)Nc1cc(C)c(C)cc1N. The first kappa shape index (κ1) is 10.6. The van der Waals surface area contributed by atoms with Crippen molar-refractivity contribution >= 4 is 17.3 Å². The van der Waals surface area contributed by atoms with Gasteiger partial charge in [0.15, 0.2) is 0 Å². The molecular weight excluding hydrogens is 176 g/mol. The number of carbonyl (C=O) groups excluding carboxylic acids is 1. The Kier molecular flexibility index (Phi) is 3.12. The minimum Gasteiger partial charge on any atom is -0.397 e. The Morgan fingerprint density at radius 1 is 1.36 bits per heavy atom. The molecule has 0 aliphatic rings. The van der Waals surface area contributed by atoms with Gasteiger partial charge in [-0.25, -0.2) is 0 Å². The van der Waals surface area contributed by atoms with Gasteiger partial charge in [0.25, 0.3) is 0 Å². The summed E-state index contributed by atoms with van der Waals surface area (Å²) in [5.74, 6) is -0.0139. The normalized spacial score (nSPS) is 9.93. The fourth-order valence-corrected chi connectivity index (χ4v) is 1.19. The summed E-state index contributed by atoms with van der Waals surface area (Å²) in [4.78, 5) is 11.2. The minimum atomic E-state index is -0.0139. The zero-order chi connectivity index (χ0) is 10.7. The molecule has 1 rings (SSSR count). The fourth-order valence-electron chi connectivity index (χ4n) is 1.19. The largest absolute Gasteiger partial charge is 0.397 e. The van der Waals surface area contributed by atoms with E-state index in [0.29, 0.717) is 17.8 Å². The number of aryl methyl sites for hydroxylation is 2. The second-order valence-corrected chi connectivity index (χ2v) is 3.43. The van der Waals surface area contributed by atoms with Gasteiger partial charge < -0.3 is 11.1 Å². The molecule has 3 nitrogen and oxygen atoms in total. The number of nitrogens with one attached hydrogen (secondary N) is 1. The van der Waals surface area contributed by atoms with Gasteiger partial charge in [-0.15, -0.1) is 0 Å². The van der Waals surface area contributed by atoms with Crippen molar-refractivity contribution in [2.45, 2.75) is 27.2 Å². The summed E-state index contributed by atoms with van der Waals surface area (Å²) in [5, 5.41) is 2.76. The predicted octanol–water partition coefficient (Wildman–Crippen LogP) is 2.23. The van der Waals surface area contributed by atoms with Gasteiger partial charge in [-0.1, -0.05) is 6.92 Å². The van der Waals surface area contributed by atoms with Crippen molar-refractivity contribution in [1.82, 2.24) is 0 Å². The molecule has 76 valence electrons. The molecule has 0 bridgehead atoms. The molecule has 14 heavy (non-hydrogen) atoms. The quantitative estimate of drug-likeness (QED) is 0.706. The van der Waals surface area contributed by atoms with Crippen LogP contribution in [0.25, 0.3) is 0 Å². The van der Waals surface area contributed by atoms with Crippen LogP contribution in [-0.4, -0.2) is 5.91 Å². The number of hydrogen-bond acceptors (Lipinski definition) is 2. The van der Waals surface area contributed by atoms with E-state index in [1.54, 1.807) is 0 Å². The van der Waals surface area contributed by atoms with E-state index in [0.717, 1.165) is 11.1 Å². The summed E-state index contributed by atoms with van der Waals surface area (Å²) in [7, 11) is 0. The molecule has 0 aliphatic carbocycles. The number of benzene rings is 1. The van der Waals surface area contributed by atoms with E-state index in [-0.39, 0.29) is 5.91 Å². The molecule has 0 heterocycles. The van der Waals surface area contributed by atoms with E-state index in [1.807, 2.05) is 32.9 Å². The third-order valence-corrected chi connectivity index (χ3v) is 2.26. The molecule has 0 fully saturated rings. The van der Waals surface area contributed by atoms with Gasteiger partial charge in [-0.2, -0.15) is 0 Å². The third kappa shape index (κ3) is 2.25. The van der Waals surface area contributed by atoms with Crippen molar-refractivity contribution in [1.29, 1.82) is 0 Å². The van der Waals surface area contributed by atoms with E-state index in [1.165, 1.54) is 0 Å². The zero-order valence-corrected chi connectivity index (χ0v) is 8.85. The monoisotopic (exact) mass is 192 g/mol. The lowest BCUT2D eigenvalue weighted by atomic mass is 10.1. The van der Waals surface area contributed by atoms with Crippen molar-refractivity contribution in [2.75, 3.05) is 11.1 Å². The number of nitrogen functional groups attached to an aromatic ring is 1. The van der Waals surface area contributed by atoms with Crippen molar-refractivity contribution in [2.24, 2.45) is 0 Å². The van der Waals surface area contributed by atoms with Gasteiger partial charge in [-0.3, -0.25) is 4.79 Å². The van der Waals surface area contributed by atoms with Gasteiger partial charge in [0.1, 0.15) is 0 Å². The maximum Gasteiger partial charge on any atom is 0.224 e. The molecule has 1 aromatic rings. The smallest absolute Gasteiger partial charge is 0.224 e. The van der Waals surface area contributed by atoms with Gasteiger partial charge in [-0.05, 0) is 37.1 Å². The Balaban J connectivity index is 2.98. The molecule has 0 radical (unpaired) electrons. The van der Waals surface area contributed by atoms with Crippen LogP contribution in [0.5, 0.6) is 0 Å². The van der Waals surface area contributed by atoms with Crippen molar-refractivity contribution < 1.29 is 4.79 Å². The number of nitrogens with two attached hydrogens (primary N) is 1.